The molecule has 88 valence electrons. The van der Waals surface area contributed by atoms with Crippen LogP contribution in [0.3, 0.4) is 0 Å². The van der Waals surface area contributed by atoms with Gasteiger partial charge in [0, 0.05) is 0 Å². The van der Waals surface area contributed by atoms with Crippen LogP contribution < -0.4 is 0 Å². The van der Waals surface area contributed by atoms with Gasteiger partial charge in [0.05, 0.1) is 13.2 Å². The molecule has 0 amide bonds. The molecule has 0 atom stereocenters. The van der Waals surface area contributed by atoms with Gasteiger partial charge in [0.25, 0.3) is 5.95 Å². The van der Waals surface area contributed by atoms with Crippen LogP contribution >= 0.6 is 0 Å². The lowest BCUT2D eigenvalue weighted by Crippen LogP contribution is -1.97. The zero-order valence-corrected chi connectivity index (χ0v) is 10.1. The van der Waals surface area contributed by atoms with Gasteiger partial charge in [0.2, 0.25) is 0 Å². The highest BCUT2D eigenvalue weighted by Gasteiger charge is 1.96. The molecular formula is C14H20O2. The van der Waals surface area contributed by atoms with E-state index in [4.69, 9.17) is 9.47 Å². The zero-order valence-electron chi connectivity index (χ0n) is 10.1. The number of rotatable bonds is 7. The smallest absolute Gasteiger partial charge is 0.274 e. The van der Waals surface area contributed by atoms with Crippen LogP contribution in [0.25, 0.3) is 0 Å². The molecule has 0 saturated heterocycles. The van der Waals surface area contributed by atoms with E-state index in [0.717, 1.165) is 12.8 Å². The fourth-order valence-electron chi connectivity index (χ4n) is 1.45. The minimum Gasteiger partial charge on any atom is -0.466 e. The minimum absolute atomic E-state index is 0.650. The molecular weight excluding hydrogens is 200 g/mol. The van der Waals surface area contributed by atoms with Gasteiger partial charge in [0.1, 0.15) is 0 Å². The lowest BCUT2D eigenvalue weighted by Gasteiger charge is -2.08. The molecule has 0 spiro atoms. The second-order valence-electron chi connectivity index (χ2n) is 3.41. The number of aryl methyl sites for hydroxylation is 1. The van der Waals surface area contributed by atoms with Crippen LogP contribution in [0, 0.1) is 0 Å². The largest absolute Gasteiger partial charge is 0.466 e. The Morgan fingerprint density at radius 2 is 1.69 bits per heavy atom. The van der Waals surface area contributed by atoms with E-state index < -0.39 is 0 Å². The molecule has 16 heavy (non-hydrogen) atoms. The summed E-state index contributed by atoms with van der Waals surface area (Å²) >= 11 is 0. The molecule has 1 aromatic carbocycles. The number of hydrogen-bond acceptors (Lipinski definition) is 2. The van der Waals surface area contributed by atoms with E-state index in [-0.39, 0.29) is 0 Å². The first-order chi connectivity index (χ1) is 7.86. The summed E-state index contributed by atoms with van der Waals surface area (Å²) in [5.74, 6) is 0.654. The average Bonchev–Trinajstić information content (AvgIpc) is 2.31. The fraction of sp³-hybridized carbons (Fsp3) is 0.429. The zero-order chi connectivity index (χ0) is 11.6. The van der Waals surface area contributed by atoms with E-state index in [2.05, 4.69) is 24.3 Å². The summed E-state index contributed by atoms with van der Waals surface area (Å²) in [4.78, 5) is 0. The van der Waals surface area contributed by atoms with Crippen molar-refractivity contribution in [1.29, 1.82) is 0 Å². The number of ether oxygens (including phenoxy) is 2. The molecule has 2 heteroatoms. The third-order valence-electron chi connectivity index (χ3n) is 2.16. The summed E-state index contributed by atoms with van der Waals surface area (Å²) in [5, 5.41) is 0. The third-order valence-corrected chi connectivity index (χ3v) is 2.16. The van der Waals surface area contributed by atoms with Crippen molar-refractivity contribution in [2.75, 3.05) is 13.2 Å². The van der Waals surface area contributed by atoms with Gasteiger partial charge >= 0.3 is 0 Å². The maximum absolute atomic E-state index is 5.36. The Hall–Kier alpha value is -1.44. The predicted octanol–water partition coefficient (Wildman–Crippen LogP) is 3.53. The summed E-state index contributed by atoms with van der Waals surface area (Å²) in [5.41, 5.74) is 1.34. The van der Waals surface area contributed by atoms with E-state index in [1.165, 1.54) is 5.56 Å². The summed E-state index contributed by atoms with van der Waals surface area (Å²) in [7, 11) is 0. The molecule has 1 rings (SSSR count). The van der Waals surface area contributed by atoms with E-state index in [0.29, 0.717) is 19.2 Å². The predicted molar refractivity (Wildman–Crippen MR) is 66.1 cm³/mol. The van der Waals surface area contributed by atoms with Gasteiger partial charge in [-0.25, -0.2) is 0 Å². The minimum atomic E-state index is 0.650. The Morgan fingerprint density at radius 1 is 1.06 bits per heavy atom. The van der Waals surface area contributed by atoms with Crippen molar-refractivity contribution < 1.29 is 9.47 Å². The van der Waals surface area contributed by atoms with E-state index in [1.807, 2.05) is 26.0 Å². The highest BCUT2D eigenvalue weighted by Crippen LogP contribution is 2.06. The van der Waals surface area contributed by atoms with E-state index in [1.54, 1.807) is 0 Å². The van der Waals surface area contributed by atoms with Crippen LogP contribution in [0.1, 0.15) is 25.8 Å². The van der Waals surface area contributed by atoms with Crippen LogP contribution in [0.2, 0.25) is 0 Å². The van der Waals surface area contributed by atoms with Crippen LogP contribution in [0.5, 0.6) is 0 Å². The molecule has 0 aliphatic heterocycles. The van der Waals surface area contributed by atoms with Gasteiger partial charge in [0.15, 0.2) is 0 Å². The quantitative estimate of drug-likeness (QED) is 0.654. The molecule has 1 aromatic rings. The van der Waals surface area contributed by atoms with Gasteiger partial charge in [-0.1, -0.05) is 30.3 Å². The first kappa shape index (κ1) is 12.6. The number of benzene rings is 1. The van der Waals surface area contributed by atoms with Gasteiger partial charge in [-0.05, 0) is 38.3 Å². The maximum Gasteiger partial charge on any atom is 0.274 e. The Labute approximate surface area is 97.9 Å². The van der Waals surface area contributed by atoms with Crippen molar-refractivity contribution in [3.63, 3.8) is 0 Å². The third kappa shape index (κ3) is 4.87. The van der Waals surface area contributed by atoms with Crippen molar-refractivity contribution in [2.45, 2.75) is 26.7 Å². The number of hydrogen-bond donors (Lipinski definition) is 0. The van der Waals surface area contributed by atoms with Crippen LogP contribution in [-0.4, -0.2) is 13.2 Å². The van der Waals surface area contributed by atoms with E-state index in [9.17, 15) is 0 Å². The van der Waals surface area contributed by atoms with Crippen LogP contribution in [0.15, 0.2) is 42.4 Å². The van der Waals surface area contributed by atoms with Crippen LogP contribution in [0.4, 0.5) is 0 Å². The Kier molecular flexibility index (Phi) is 6.16. The average molecular weight is 220 g/mol. The molecule has 0 unspecified atom stereocenters. The van der Waals surface area contributed by atoms with Crippen molar-refractivity contribution in [2.24, 2.45) is 0 Å². The molecule has 0 aromatic heterocycles. The molecule has 2 nitrogen and oxygen atoms in total. The first-order valence-electron chi connectivity index (χ1n) is 5.86. The van der Waals surface area contributed by atoms with Crippen molar-refractivity contribution >= 4 is 0 Å². The standard InChI is InChI=1S/C14H20O2/c1-3-15-14(16-4-2)12-8-11-13-9-6-5-7-10-13/h5-7,9-10,12H,3-4,8,11H2,1-2H3. The Bertz CT molecular complexity index is 296. The van der Waals surface area contributed by atoms with Gasteiger partial charge in [-0.3, -0.25) is 0 Å². The Balaban J connectivity index is 2.38. The van der Waals surface area contributed by atoms with Gasteiger partial charge in [-0.15, -0.1) is 0 Å². The van der Waals surface area contributed by atoms with Crippen molar-refractivity contribution in [1.82, 2.24) is 0 Å². The Morgan fingerprint density at radius 3 is 2.25 bits per heavy atom. The lowest BCUT2D eigenvalue weighted by atomic mass is 10.1. The maximum atomic E-state index is 5.36. The number of allylic oxidation sites excluding steroid dienone is 1. The second-order valence-corrected chi connectivity index (χ2v) is 3.41. The normalized spacial score (nSPS) is 9.62. The molecule has 0 N–H and O–H groups in total. The highest BCUT2D eigenvalue weighted by atomic mass is 16.7. The fourth-order valence-corrected chi connectivity index (χ4v) is 1.45. The molecule has 0 aliphatic rings. The van der Waals surface area contributed by atoms with Gasteiger partial charge in [-0.2, -0.15) is 0 Å². The molecule has 0 radical (unpaired) electrons. The summed E-state index contributed by atoms with van der Waals surface area (Å²) in [6.45, 7) is 5.22. The van der Waals surface area contributed by atoms with E-state index >= 15 is 0 Å². The van der Waals surface area contributed by atoms with Crippen LogP contribution in [-0.2, 0) is 15.9 Å². The monoisotopic (exact) mass is 220 g/mol. The molecule has 0 bridgehead atoms. The topological polar surface area (TPSA) is 18.5 Å². The SMILES string of the molecule is CCOC(=CCCc1ccccc1)OCC. The summed E-state index contributed by atoms with van der Waals surface area (Å²) in [6, 6.07) is 10.4. The van der Waals surface area contributed by atoms with Crippen molar-refractivity contribution in [3.05, 3.63) is 47.9 Å². The van der Waals surface area contributed by atoms with Crippen molar-refractivity contribution in [3.8, 4) is 0 Å². The second kappa shape index (κ2) is 7.80. The lowest BCUT2D eigenvalue weighted by molar-refractivity contribution is 0.0455. The molecule has 0 heterocycles. The first-order valence-corrected chi connectivity index (χ1v) is 5.86. The van der Waals surface area contributed by atoms with Gasteiger partial charge < -0.3 is 9.47 Å². The molecule has 0 aliphatic carbocycles. The highest BCUT2D eigenvalue weighted by molar-refractivity contribution is 5.15. The molecule has 0 saturated carbocycles. The summed E-state index contributed by atoms with van der Waals surface area (Å²) < 4.78 is 10.7. The summed E-state index contributed by atoms with van der Waals surface area (Å²) in [6.07, 6.45) is 3.98. The molecule has 0 fully saturated rings.